The standard InChI is InChI=1S/C31H33N3O6S/c1-19-8-4-7-11-29(19)41(37,38)34-30(35)22-13-12-21(28(17-22)39-3)16-27-26-18-23(14-15-25(26)20(2)32-27)33-31(36)40-24-9-5-6-10-24/h4,7-8,11-15,17-18,20,24H,5-6,9-10,16H2,1-3H3,(H,33,36)(H,34,35). The first kappa shape index (κ1) is 28.4. The third-order valence-corrected chi connectivity index (χ3v) is 8.99. The van der Waals surface area contributed by atoms with E-state index >= 15 is 0 Å². The number of nitrogens with zero attached hydrogens (tertiary/aromatic N) is 1. The van der Waals surface area contributed by atoms with Crippen LogP contribution in [0, 0.1) is 6.92 Å². The maximum Gasteiger partial charge on any atom is 0.411 e. The predicted octanol–water partition coefficient (Wildman–Crippen LogP) is 5.72. The highest BCUT2D eigenvalue weighted by atomic mass is 32.2. The van der Waals surface area contributed by atoms with Gasteiger partial charge in [0.2, 0.25) is 0 Å². The second-order valence-electron chi connectivity index (χ2n) is 10.4. The van der Waals surface area contributed by atoms with Gasteiger partial charge in [-0.3, -0.25) is 15.1 Å². The molecule has 5 rings (SSSR count). The normalized spacial score (nSPS) is 16.6. The topological polar surface area (TPSA) is 123 Å². The highest BCUT2D eigenvalue weighted by Gasteiger charge is 2.26. The molecule has 41 heavy (non-hydrogen) atoms. The Morgan fingerprint density at radius 2 is 1.78 bits per heavy atom. The Kier molecular flexibility index (Phi) is 8.12. The Balaban J connectivity index is 1.32. The van der Waals surface area contributed by atoms with Gasteiger partial charge in [-0.05, 0) is 81.0 Å². The van der Waals surface area contributed by atoms with Gasteiger partial charge in [-0.1, -0.05) is 30.3 Å². The molecule has 0 aromatic heterocycles. The third kappa shape index (κ3) is 6.27. The minimum atomic E-state index is -4.04. The van der Waals surface area contributed by atoms with Crippen molar-refractivity contribution < 1.29 is 27.5 Å². The second-order valence-corrected chi connectivity index (χ2v) is 12.0. The number of hydrogen-bond donors (Lipinski definition) is 2. The Morgan fingerprint density at radius 3 is 2.51 bits per heavy atom. The summed E-state index contributed by atoms with van der Waals surface area (Å²) in [5.74, 6) is -0.320. The van der Waals surface area contributed by atoms with E-state index < -0.39 is 22.0 Å². The quantitative estimate of drug-likeness (QED) is 0.354. The summed E-state index contributed by atoms with van der Waals surface area (Å²) < 4.78 is 38.9. The van der Waals surface area contributed by atoms with Gasteiger partial charge in [0.25, 0.3) is 15.9 Å². The molecule has 0 saturated heterocycles. The lowest BCUT2D eigenvalue weighted by Crippen LogP contribution is -2.31. The molecule has 1 aliphatic carbocycles. The molecule has 0 bridgehead atoms. The number of aliphatic imine (C=N–C) groups is 1. The smallest absolute Gasteiger partial charge is 0.411 e. The summed E-state index contributed by atoms with van der Waals surface area (Å²) in [7, 11) is -2.55. The molecule has 3 aromatic rings. The van der Waals surface area contributed by atoms with Crippen LogP contribution in [0.4, 0.5) is 10.5 Å². The average molecular weight is 576 g/mol. The average Bonchev–Trinajstić information content (AvgIpc) is 3.56. The number of sulfonamides is 1. The van der Waals surface area contributed by atoms with Crippen LogP contribution in [0.2, 0.25) is 0 Å². The van der Waals surface area contributed by atoms with Crippen LogP contribution in [-0.2, 0) is 21.2 Å². The first-order valence-electron chi connectivity index (χ1n) is 13.6. The first-order valence-corrected chi connectivity index (χ1v) is 15.1. The molecule has 1 aliphatic heterocycles. The van der Waals surface area contributed by atoms with Crippen molar-refractivity contribution in [1.82, 2.24) is 4.72 Å². The third-order valence-electron chi connectivity index (χ3n) is 7.50. The summed E-state index contributed by atoms with van der Waals surface area (Å²) in [5, 5.41) is 2.84. The number of ether oxygens (including phenoxy) is 2. The zero-order chi connectivity index (χ0) is 29.1. The Morgan fingerprint density at radius 1 is 1.02 bits per heavy atom. The van der Waals surface area contributed by atoms with Gasteiger partial charge in [0, 0.05) is 34.5 Å². The van der Waals surface area contributed by atoms with Crippen LogP contribution >= 0.6 is 0 Å². The lowest BCUT2D eigenvalue weighted by molar-refractivity contribution is 0.0980. The molecule has 1 fully saturated rings. The molecule has 0 spiro atoms. The molecule has 3 aromatic carbocycles. The number of nitrogens with one attached hydrogen (secondary N) is 2. The van der Waals surface area contributed by atoms with Crippen molar-refractivity contribution in [2.75, 3.05) is 12.4 Å². The molecular weight excluding hydrogens is 542 g/mol. The van der Waals surface area contributed by atoms with Gasteiger partial charge >= 0.3 is 6.09 Å². The van der Waals surface area contributed by atoms with Gasteiger partial charge in [-0.2, -0.15) is 0 Å². The predicted molar refractivity (Wildman–Crippen MR) is 156 cm³/mol. The van der Waals surface area contributed by atoms with Crippen LogP contribution < -0.4 is 14.8 Å². The largest absolute Gasteiger partial charge is 0.496 e. The lowest BCUT2D eigenvalue weighted by atomic mass is 9.96. The number of methoxy groups -OCH3 is 1. The van der Waals surface area contributed by atoms with Gasteiger partial charge in [-0.15, -0.1) is 0 Å². The summed E-state index contributed by atoms with van der Waals surface area (Å²) >= 11 is 0. The van der Waals surface area contributed by atoms with E-state index in [1.54, 1.807) is 37.3 Å². The number of hydrogen-bond acceptors (Lipinski definition) is 7. The highest BCUT2D eigenvalue weighted by molar-refractivity contribution is 7.90. The summed E-state index contributed by atoms with van der Waals surface area (Å²) in [6.07, 6.45) is 3.89. The summed E-state index contributed by atoms with van der Waals surface area (Å²) in [5.41, 5.74) is 4.88. The van der Waals surface area contributed by atoms with Crippen molar-refractivity contribution in [3.8, 4) is 5.75 Å². The van der Waals surface area contributed by atoms with E-state index in [2.05, 4.69) is 10.0 Å². The van der Waals surface area contributed by atoms with Crippen molar-refractivity contribution >= 4 is 33.4 Å². The number of aryl methyl sites for hydroxylation is 1. The molecular formula is C31H33N3O6S. The molecule has 0 radical (unpaired) electrons. The van der Waals surface area contributed by atoms with E-state index in [1.165, 1.54) is 19.2 Å². The number of benzene rings is 3. The number of rotatable bonds is 8. The van der Waals surface area contributed by atoms with Crippen LogP contribution in [0.15, 0.2) is 70.6 Å². The SMILES string of the molecule is COc1cc(C(=O)NS(=O)(=O)c2ccccc2C)ccc1CC1=NC(C)c2ccc(NC(=O)OC3CCCC3)cc21. The minimum Gasteiger partial charge on any atom is -0.496 e. The van der Waals surface area contributed by atoms with Gasteiger partial charge in [0.1, 0.15) is 11.9 Å². The number of carbonyl (C=O) groups excluding carboxylic acids is 2. The van der Waals surface area contributed by atoms with Crippen LogP contribution in [0.1, 0.15) is 71.3 Å². The molecule has 2 amide bonds. The molecule has 2 aliphatic rings. The van der Waals surface area contributed by atoms with Crippen LogP contribution in [0.25, 0.3) is 0 Å². The van der Waals surface area contributed by atoms with Crippen molar-refractivity contribution in [3.05, 3.63) is 88.5 Å². The van der Waals surface area contributed by atoms with Crippen molar-refractivity contribution in [2.45, 2.75) is 63.0 Å². The number of anilines is 1. The molecule has 214 valence electrons. The fourth-order valence-electron chi connectivity index (χ4n) is 5.37. The van der Waals surface area contributed by atoms with Crippen LogP contribution in [0.5, 0.6) is 5.75 Å². The van der Waals surface area contributed by atoms with Gasteiger partial charge in [0.05, 0.1) is 18.0 Å². The van der Waals surface area contributed by atoms with Crippen LogP contribution in [-0.4, -0.2) is 39.3 Å². The van der Waals surface area contributed by atoms with Crippen molar-refractivity contribution in [3.63, 3.8) is 0 Å². The molecule has 1 heterocycles. The molecule has 1 atom stereocenters. The molecule has 1 unspecified atom stereocenters. The Hall–Kier alpha value is -4.18. The summed E-state index contributed by atoms with van der Waals surface area (Å²) in [6.45, 7) is 3.68. The minimum absolute atomic E-state index is 0.0262. The zero-order valence-corrected chi connectivity index (χ0v) is 24.1. The number of carbonyl (C=O) groups is 2. The Bertz CT molecular complexity index is 1630. The summed E-state index contributed by atoms with van der Waals surface area (Å²) in [6, 6.07) is 16.9. The van der Waals surface area contributed by atoms with Gasteiger partial charge in [-0.25, -0.2) is 17.9 Å². The Labute approximate surface area is 240 Å². The summed E-state index contributed by atoms with van der Waals surface area (Å²) in [4.78, 5) is 30.2. The monoisotopic (exact) mass is 575 g/mol. The fraction of sp³-hybridized carbons (Fsp3) is 0.323. The van der Waals surface area contributed by atoms with E-state index in [1.807, 2.05) is 25.1 Å². The highest BCUT2D eigenvalue weighted by Crippen LogP contribution is 2.34. The van der Waals surface area contributed by atoms with Gasteiger partial charge < -0.3 is 9.47 Å². The lowest BCUT2D eigenvalue weighted by Gasteiger charge is -2.14. The van der Waals surface area contributed by atoms with Gasteiger partial charge in [0.15, 0.2) is 0 Å². The van der Waals surface area contributed by atoms with E-state index in [0.717, 1.165) is 48.1 Å². The first-order chi connectivity index (χ1) is 19.6. The van der Waals surface area contributed by atoms with E-state index in [0.29, 0.717) is 23.4 Å². The molecule has 1 saturated carbocycles. The zero-order valence-electron chi connectivity index (χ0n) is 23.3. The number of amides is 2. The molecule has 2 N–H and O–H groups in total. The molecule has 9 nitrogen and oxygen atoms in total. The van der Waals surface area contributed by atoms with E-state index in [-0.39, 0.29) is 22.6 Å². The van der Waals surface area contributed by atoms with Crippen molar-refractivity contribution in [1.29, 1.82) is 0 Å². The maximum absolute atomic E-state index is 12.9. The van der Waals surface area contributed by atoms with Crippen LogP contribution in [0.3, 0.4) is 0 Å². The maximum atomic E-state index is 12.9. The molecule has 10 heteroatoms. The number of fused-ring (bicyclic) bond motifs is 1. The van der Waals surface area contributed by atoms with E-state index in [4.69, 9.17) is 14.5 Å². The van der Waals surface area contributed by atoms with Crippen molar-refractivity contribution in [2.24, 2.45) is 4.99 Å². The fourth-order valence-corrected chi connectivity index (χ4v) is 6.59. The van der Waals surface area contributed by atoms with E-state index in [9.17, 15) is 18.0 Å². The second kappa shape index (κ2) is 11.7.